The van der Waals surface area contributed by atoms with Crippen LogP contribution in [-0.2, 0) is 14.2 Å². The van der Waals surface area contributed by atoms with E-state index in [-0.39, 0.29) is 25.2 Å². The number of ether oxygens (including phenoxy) is 3. The van der Waals surface area contributed by atoms with Gasteiger partial charge in [0.2, 0.25) is 0 Å². The van der Waals surface area contributed by atoms with Gasteiger partial charge in [0.25, 0.3) is 0 Å². The van der Waals surface area contributed by atoms with Crippen molar-refractivity contribution in [3.8, 4) is 0 Å². The van der Waals surface area contributed by atoms with Crippen LogP contribution in [0.1, 0.15) is 13.8 Å². The molecule has 86 valence electrons. The number of amides is 1. The first-order valence-electron chi connectivity index (χ1n) is 4.80. The molecule has 0 unspecified atom stereocenters. The molecule has 0 spiro atoms. The van der Waals surface area contributed by atoms with Crippen LogP contribution >= 0.6 is 0 Å². The number of hydrogen-bond acceptors (Lipinski definition) is 5. The molecule has 0 aromatic rings. The van der Waals surface area contributed by atoms with Crippen molar-refractivity contribution in [1.29, 1.82) is 0 Å². The molecule has 0 saturated carbocycles. The molecule has 1 rings (SSSR count). The monoisotopic (exact) mass is 217 g/mol. The highest BCUT2D eigenvalue weighted by molar-refractivity contribution is 5.68. The molecule has 1 saturated heterocycles. The van der Waals surface area contributed by atoms with Gasteiger partial charge in [-0.25, -0.2) is 9.59 Å². The molecule has 1 aliphatic heterocycles. The summed E-state index contributed by atoms with van der Waals surface area (Å²) >= 11 is 0. The molecule has 1 amide bonds. The van der Waals surface area contributed by atoms with Crippen molar-refractivity contribution >= 4 is 12.2 Å². The van der Waals surface area contributed by atoms with Crippen LogP contribution in [0.4, 0.5) is 9.59 Å². The van der Waals surface area contributed by atoms with E-state index in [2.05, 4.69) is 14.8 Å². The molecule has 1 aliphatic rings. The maximum atomic E-state index is 11.2. The summed E-state index contributed by atoms with van der Waals surface area (Å²) in [5.41, 5.74) is 0. The van der Waals surface area contributed by atoms with E-state index in [0.717, 1.165) is 0 Å². The van der Waals surface area contributed by atoms with Crippen molar-refractivity contribution in [1.82, 2.24) is 5.32 Å². The first-order valence-corrected chi connectivity index (χ1v) is 4.80. The highest BCUT2D eigenvalue weighted by Crippen LogP contribution is 2.00. The number of cyclic esters (lactones) is 2. The molecule has 0 radical (unpaired) electrons. The molecule has 1 heterocycles. The second-order valence-corrected chi connectivity index (χ2v) is 3.71. The minimum Gasteiger partial charge on any atom is -0.449 e. The van der Waals surface area contributed by atoms with E-state index in [9.17, 15) is 9.59 Å². The fourth-order valence-corrected chi connectivity index (χ4v) is 0.961. The molecule has 0 aliphatic carbocycles. The molecular weight excluding hydrogens is 202 g/mol. The molecule has 1 fully saturated rings. The summed E-state index contributed by atoms with van der Waals surface area (Å²) in [6.07, 6.45) is -1.22. The van der Waals surface area contributed by atoms with Crippen molar-refractivity contribution in [3.05, 3.63) is 0 Å². The molecule has 0 aromatic carbocycles. The first-order chi connectivity index (χ1) is 7.08. The lowest BCUT2D eigenvalue weighted by Gasteiger charge is -2.22. The van der Waals surface area contributed by atoms with Gasteiger partial charge in [0.05, 0.1) is 6.61 Å². The quantitative estimate of drug-likeness (QED) is 0.711. The maximum Gasteiger partial charge on any atom is 0.508 e. The van der Waals surface area contributed by atoms with Crippen molar-refractivity contribution in [2.75, 3.05) is 19.8 Å². The minimum atomic E-state index is -0.705. The summed E-state index contributed by atoms with van der Waals surface area (Å²) in [5.74, 6) is 0.288. The highest BCUT2D eigenvalue weighted by atomic mass is 16.7. The largest absolute Gasteiger partial charge is 0.508 e. The Balaban J connectivity index is 2.17. The van der Waals surface area contributed by atoms with E-state index in [0.29, 0.717) is 6.61 Å². The fraction of sp³-hybridized carbons (Fsp3) is 0.778. The standard InChI is InChI=1S/C9H15NO5/c1-6(2)3-13-8(11)10-7-4-14-9(12)15-5-7/h6-7H,3-5H2,1-2H3,(H,10,11). The Morgan fingerprint density at radius 2 is 2.13 bits per heavy atom. The molecule has 0 atom stereocenters. The van der Waals surface area contributed by atoms with Crippen molar-refractivity contribution in [3.63, 3.8) is 0 Å². The maximum absolute atomic E-state index is 11.2. The molecule has 6 nitrogen and oxygen atoms in total. The zero-order chi connectivity index (χ0) is 11.3. The summed E-state index contributed by atoms with van der Waals surface area (Å²) in [7, 11) is 0. The fourth-order valence-electron chi connectivity index (χ4n) is 0.961. The van der Waals surface area contributed by atoms with Crippen LogP contribution in [0.25, 0.3) is 0 Å². The van der Waals surface area contributed by atoms with Crippen LogP contribution in [0.3, 0.4) is 0 Å². The van der Waals surface area contributed by atoms with E-state index in [1.165, 1.54) is 0 Å². The third kappa shape index (κ3) is 4.53. The van der Waals surface area contributed by atoms with Gasteiger partial charge in [-0.05, 0) is 5.92 Å². The molecule has 6 heteroatoms. The predicted octanol–water partition coefficient (Wildman–Crippen LogP) is 0.904. The summed E-state index contributed by atoms with van der Waals surface area (Å²) in [6, 6.07) is -0.331. The smallest absolute Gasteiger partial charge is 0.449 e. The molecule has 0 aromatic heterocycles. The van der Waals surface area contributed by atoms with E-state index in [4.69, 9.17) is 4.74 Å². The average molecular weight is 217 g/mol. The van der Waals surface area contributed by atoms with Crippen LogP contribution < -0.4 is 5.32 Å². The number of nitrogens with one attached hydrogen (secondary N) is 1. The predicted molar refractivity (Wildman–Crippen MR) is 50.4 cm³/mol. The Labute approximate surface area is 87.9 Å². The number of rotatable bonds is 3. The Bertz CT molecular complexity index is 231. The van der Waals surface area contributed by atoms with Crippen LogP contribution in [0.2, 0.25) is 0 Å². The molecule has 1 N–H and O–H groups in total. The van der Waals surface area contributed by atoms with Gasteiger partial charge < -0.3 is 19.5 Å². The lowest BCUT2D eigenvalue weighted by Crippen LogP contribution is -2.45. The Morgan fingerprint density at radius 3 is 2.67 bits per heavy atom. The zero-order valence-electron chi connectivity index (χ0n) is 8.82. The number of alkyl carbamates (subject to hydrolysis) is 1. The van der Waals surface area contributed by atoms with Gasteiger partial charge in [0.1, 0.15) is 19.3 Å². The van der Waals surface area contributed by atoms with Crippen molar-refractivity contribution < 1.29 is 23.8 Å². The van der Waals surface area contributed by atoms with Crippen LogP contribution in [-0.4, -0.2) is 38.1 Å². The Kier molecular flexibility index (Phi) is 4.20. The van der Waals surface area contributed by atoms with Gasteiger partial charge in [0.15, 0.2) is 0 Å². The highest BCUT2D eigenvalue weighted by Gasteiger charge is 2.22. The number of hydrogen-bond donors (Lipinski definition) is 1. The second-order valence-electron chi connectivity index (χ2n) is 3.71. The Morgan fingerprint density at radius 1 is 1.53 bits per heavy atom. The number of carbonyl (C=O) groups excluding carboxylic acids is 2. The normalized spacial score (nSPS) is 16.9. The van der Waals surface area contributed by atoms with E-state index in [1.54, 1.807) is 0 Å². The SMILES string of the molecule is CC(C)COC(=O)NC1COC(=O)OC1. The summed E-state index contributed by atoms with van der Waals surface area (Å²) in [4.78, 5) is 21.7. The van der Waals surface area contributed by atoms with Gasteiger partial charge in [0, 0.05) is 0 Å². The summed E-state index contributed by atoms with van der Waals surface area (Å²) in [5, 5.41) is 2.53. The lowest BCUT2D eigenvalue weighted by molar-refractivity contribution is 0.0000687. The van der Waals surface area contributed by atoms with Crippen LogP contribution in [0.5, 0.6) is 0 Å². The van der Waals surface area contributed by atoms with Crippen molar-refractivity contribution in [2.24, 2.45) is 5.92 Å². The third-order valence-corrected chi connectivity index (χ3v) is 1.67. The minimum absolute atomic E-state index is 0.121. The van der Waals surface area contributed by atoms with E-state index < -0.39 is 12.2 Å². The van der Waals surface area contributed by atoms with Gasteiger partial charge in [-0.3, -0.25) is 0 Å². The van der Waals surface area contributed by atoms with Gasteiger partial charge in [-0.1, -0.05) is 13.8 Å². The van der Waals surface area contributed by atoms with Gasteiger partial charge >= 0.3 is 12.2 Å². The summed E-state index contributed by atoms with van der Waals surface area (Å²) in [6.45, 7) is 4.49. The van der Waals surface area contributed by atoms with Crippen LogP contribution in [0.15, 0.2) is 0 Å². The number of carbonyl (C=O) groups is 2. The average Bonchev–Trinajstić information content (AvgIpc) is 2.19. The van der Waals surface area contributed by atoms with Gasteiger partial charge in [-0.2, -0.15) is 0 Å². The lowest BCUT2D eigenvalue weighted by atomic mass is 10.2. The summed E-state index contributed by atoms with van der Waals surface area (Å²) < 4.78 is 14.1. The second kappa shape index (κ2) is 5.43. The molecule has 0 bridgehead atoms. The van der Waals surface area contributed by atoms with Crippen molar-refractivity contribution in [2.45, 2.75) is 19.9 Å². The zero-order valence-corrected chi connectivity index (χ0v) is 8.82. The first kappa shape index (κ1) is 11.6. The van der Waals surface area contributed by atoms with E-state index >= 15 is 0 Å². The Hall–Kier alpha value is -1.46. The molecular formula is C9H15NO5. The van der Waals surface area contributed by atoms with E-state index in [1.807, 2.05) is 13.8 Å². The third-order valence-electron chi connectivity index (χ3n) is 1.67. The topological polar surface area (TPSA) is 73.9 Å². The molecule has 15 heavy (non-hydrogen) atoms. The van der Waals surface area contributed by atoms with Gasteiger partial charge in [-0.15, -0.1) is 0 Å². The van der Waals surface area contributed by atoms with Crippen LogP contribution in [0, 0.1) is 5.92 Å².